The van der Waals surface area contributed by atoms with Crippen molar-refractivity contribution in [2.24, 2.45) is 11.7 Å². The SMILES string of the molecule is N#Cc1cc(F)c(OC/C(SCc2ccc(C(F)(F)F)cc2)=C(/N)CN2CCC(C(F)(F)F)CC2)cc1F. The van der Waals surface area contributed by atoms with Crippen LogP contribution in [0.4, 0.5) is 35.1 Å². The molecular weight excluding hydrogens is 542 g/mol. The van der Waals surface area contributed by atoms with E-state index in [1.807, 2.05) is 0 Å². The van der Waals surface area contributed by atoms with Crippen LogP contribution in [0.1, 0.15) is 29.5 Å². The number of nitrogens with zero attached hydrogens (tertiary/aromatic N) is 2. The molecule has 38 heavy (non-hydrogen) atoms. The Labute approximate surface area is 218 Å². The summed E-state index contributed by atoms with van der Waals surface area (Å²) >= 11 is 1.10. The Morgan fingerprint density at radius 2 is 1.66 bits per heavy atom. The van der Waals surface area contributed by atoms with Gasteiger partial charge in [-0.1, -0.05) is 12.1 Å². The number of rotatable bonds is 8. The molecule has 2 N–H and O–H groups in total. The maximum atomic E-state index is 14.3. The average molecular weight is 566 g/mol. The summed E-state index contributed by atoms with van der Waals surface area (Å²) in [5.41, 5.74) is 5.67. The lowest BCUT2D eigenvalue weighted by Gasteiger charge is -2.33. The normalized spacial score (nSPS) is 16.2. The zero-order valence-electron chi connectivity index (χ0n) is 19.8. The highest BCUT2D eigenvalue weighted by Crippen LogP contribution is 2.35. The lowest BCUT2D eigenvalue weighted by molar-refractivity contribution is -0.184. The number of nitrogens with two attached hydrogens (primary N) is 1. The maximum Gasteiger partial charge on any atom is 0.416 e. The van der Waals surface area contributed by atoms with E-state index in [2.05, 4.69) is 0 Å². The third kappa shape index (κ3) is 8.01. The molecule has 0 bridgehead atoms. The molecule has 2 aromatic rings. The highest BCUT2D eigenvalue weighted by molar-refractivity contribution is 8.02. The second kappa shape index (κ2) is 12.3. The standard InChI is InChI=1S/C25H23F8N3OS/c26-19-10-22(20(27)9-16(19)11-34)37-13-23(38-14-15-1-3-17(4-2-15)24(28,29)30)21(35)12-36-7-5-18(6-8-36)25(31,32)33/h1-4,9-10,18H,5-8,12-14,35H2/b23-21-. The van der Waals surface area contributed by atoms with Crippen molar-refractivity contribution in [3.8, 4) is 11.8 Å². The molecular formula is C25H23F8N3OS. The number of alkyl halides is 6. The van der Waals surface area contributed by atoms with Crippen molar-refractivity contribution in [1.82, 2.24) is 4.90 Å². The Kier molecular flexibility index (Phi) is 9.54. The van der Waals surface area contributed by atoms with Crippen LogP contribution in [0.2, 0.25) is 0 Å². The summed E-state index contributed by atoms with van der Waals surface area (Å²) in [4.78, 5) is 2.09. The minimum Gasteiger partial charge on any atom is -0.485 e. The number of hydrogen-bond donors (Lipinski definition) is 1. The van der Waals surface area contributed by atoms with E-state index in [0.717, 1.165) is 23.9 Å². The molecule has 0 spiro atoms. The predicted molar refractivity (Wildman–Crippen MR) is 126 cm³/mol. The molecule has 1 aliphatic heterocycles. The molecule has 1 heterocycles. The Hall–Kier alpha value is -2.98. The average Bonchev–Trinajstić information content (AvgIpc) is 2.85. The summed E-state index contributed by atoms with van der Waals surface area (Å²) < 4.78 is 111. The van der Waals surface area contributed by atoms with Gasteiger partial charge in [0.15, 0.2) is 11.6 Å². The minimum absolute atomic E-state index is 0.0863. The first-order valence-corrected chi connectivity index (χ1v) is 12.3. The summed E-state index contributed by atoms with van der Waals surface area (Å²) in [6.45, 7) is 0.0575. The van der Waals surface area contributed by atoms with E-state index in [1.165, 1.54) is 18.2 Å². The fourth-order valence-corrected chi connectivity index (χ4v) is 4.73. The van der Waals surface area contributed by atoms with E-state index < -0.39 is 46.8 Å². The number of thioether (sulfide) groups is 1. The van der Waals surface area contributed by atoms with Gasteiger partial charge in [0.25, 0.3) is 0 Å². The molecule has 4 nitrogen and oxygen atoms in total. The van der Waals surface area contributed by atoms with Gasteiger partial charge in [0.05, 0.1) is 17.0 Å². The Morgan fingerprint density at radius 1 is 1.03 bits per heavy atom. The van der Waals surface area contributed by atoms with E-state index in [1.54, 1.807) is 4.90 Å². The molecule has 0 radical (unpaired) electrons. The number of ether oxygens (including phenoxy) is 1. The Morgan fingerprint density at radius 3 is 2.21 bits per heavy atom. The van der Waals surface area contributed by atoms with E-state index in [-0.39, 0.29) is 50.5 Å². The van der Waals surface area contributed by atoms with Gasteiger partial charge in [-0.15, -0.1) is 11.8 Å². The molecule has 3 rings (SSSR count). The Bertz CT molecular complexity index is 1180. The zero-order chi connectivity index (χ0) is 28.1. The minimum atomic E-state index is -4.49. The van der Waals surface area contributed by atoms with Crippen LogP contribution in [0.25, 0.3) is 0 Å². The second-order valence-electron chi connectivity index (χ2n) is 8.69. The third-order valence-electron chi connectivity index (χ3n) is 6.00. The first-order valence-electron chi connectivity index (χ1n) is 11.4. The maximum absolute atomic E-state index is 14.3. The van der Waals surface area contributed by atoms with E-state index in [0.29, 0.717) is 22.6 Å². The molecule has 2 aromatic carbocycles. The summed E-state index contributed by atoms with van der Waals surface area (Å²) in [5.74, 6) is -3.68. The van der Waals surface area contributed by atoms with Crippen molar-refractivity contribution < 1.29 is 39.9 Å². The summed E-state index contributed by atoms with van der Waals surface area (Å²) in [6, 6.07) is 7.34. The van der Waals surface area contributed by atoms with Crippen molar-refractivity contribution in [2.45, 2.75) is 30.9 Å². The van der Waals surface area contributed by atoms with Gasteiger partial charge in [0.2, 0.25) is 0 Å². The first-order chi connectivity index (χ1) is 17.8. The van der Waals surface area contributed by atoms with Gasteiger partial charge in [-0.2, -0.15) is 31.6 Å². The highest BCUT2D eigenvalue weighted by atomic mass is 32.2. The van der Waals surface area contributed by atoms with Crippen LogP contribution in [-0.2, 0) is 11.9 Å². The van der Waals surface area contributed by atoms with Crippen molar-refractivity contribution >= 4 is 11.8 Å². The smallest absolute Gasteiger partial charge is 0.416 e. The fourth-order valence-electron chi connectivity index (χ4n) is 3.80. The molecule has 0 aliphatic carbocycles. The van der Waals surface area contributed by atoms with Crippen LogP contribution < -0.4 is 10.5 Å². The van der Waals surface area contributed by atoms with Crippen molar-refractivity contribution in [3.63, 3.8) is 0 Å². The van der Waals surface area contributed by atoms with Gasteiger partial charge in [-0.25, -0.2) is 8.78 Å². The molecule has 1 aliphatic rings. The van der Waals surface area contributed by atoms with Gasteiger partial charge >= 0.3 is 12.4 Å². The fraction of sp³-hybridized carbons (Fsp3) is 0.400. The molecule has 0 atom stereocenters. The zero-order valence-corrected chi connectivity index (χ0v) is 20.6. The number of hydrogen-bond acceptors (Lipinski definition) is 5. The van der Waals surface area contributed by atoms with Crippen LogP contribution in [0.15, 0.2) is 47.0 Å². The number of nitriles is 1. The molecule has 0 aromatic heterocycles. The summed E-state index contributed by atoms with van der Waals surface area (Å²) in [6.07, 6.45) is -8.94. The molecule has 0 unspecified atom stereocenters. The number of likely N-dealkylation sites (tertiary alicyclic amines) is 1. The second-order valence-corrected chi connectivity index (χ2v) is 9.76. The van der Waals surface area contributed by atoms with E-state index >= 15 is 0 Å². The molecule has 0 amide bonds. The van der Waals surface area contributed by atoms with Crippen LogP contribution in [0.3, 0.4) is 0 Å². The predicted octanol–water partition coefficient (Wildman–Crippen LogP) is 6.61. The van der Waals surface area contributed by atoms with Crippen LogP contribution in [-0.4, -0.2) is 37.3 Å². The van der Waals surface area contributed by atoms with Crippen molar-refractivity contribution in [3.05, 3.63) is 75.3 Å². The van der Waals surface area contributed by atoms with E-state index in [4.69, 9.17) is 15.7 Å². The van der Waals surface area contributed by atoms with Gasteiger partial charge < -0.3 is 10.5 Å². The first kappa shape index (κ1) is 29.6. The molecule has 13 heteroatoms. The lowest BCUT2D eigenvalue weighted by Crippen LogP contribution is -2.40. The van der Waals surface area contributed by atoms with E-state index in [9.17, 15) is 35.1 Å². The quantitative estimate of drug-likeness (QED) is 0.365. The summed E-state index contributed by atoms with van der Waals surface area (Å²) in [7, 11) is 0. The highest BCUT2D eigenvalue weighted by Gasteiger charge is 2.41. The topological polar surface area (TPSA) is 62.3 Å². The third-order valence-corrected chi connectivity index (χ3v) is 7.20. The van der Waals surface area contributed by atoms with Crippen LogP contribution >= 0.6 is 11.8 Å². The number of halogens is 8. The van der Waals surface area contributed by atoms with Crippen molar-refractivity contribution in [2.75, 3.05) is 26.2 Å². The summed E-state index contributed by atoms with van der Waals surface area (Å²) in [5, 5.41) is 8.83. The molecule has 1 saturated heterocycles. The van der Waals surface area contributed by atoms with Crippen molar-refractivity contribution in [1.29, 1.82) is 5.26 Å². The largest absolute Gasteiger partial charge is 0.485 e. The van der Waals surface area contributed by atoms with Crippen LogP contribution in [0.5, 0.6) is 5.75 Å². The Balaban J connectivity index is 1.74. The number of benzene rings is 2. The van der Waals surface area contributed by atoms with Crippen LogP contribution in [0, 0.1) is 28.9 Å². The monoisotopic (exact) mass is 565 g/mol. The van der Waals surface area contributed by atoms with Gasteiger partial charge in [-0.05, 0) is 49.7 Å². The molecule has 1 fully saturated rings. The molecule has 206 valence electrons. The number of piperidine rings is 1. The van der Waals surface area contributed by atoms with Gasteiger partial charge in [0, 0.05) is 29.0 Å². The molecule has 0 saturated carbocycles. The van der Waals surface area contributed by atoms with Gasteiger partial charge in [0.1, 0.15) is 18.5 Å². The lowest BCUT2D eigenvalue weighted by atomic mass is 9.96. The van der Waals surface area contributed by atoms with Gasteiger partial charge in [-0.3, -0.25) is 4.90 Å².